The van der Waals surface area contributed by atoms with E-state index in [1.807, 2.05) is 18.2 Å². The van der Waals surface area contributed by atoms with Crippen molar-refractivity contribution in [3.8, 4) is 17.6 Å². The van der Waals surface area contributed by atoms with Crippen LogP contribution in [0.5, 0.6) is 11.5 Å². The van der Waals surface area contributed by atoms with Gasteiger partial charge in [0.05, 0.1) is 23.3 Å². The molecule has 1 saturated carbocycles. The molecule has 2 fully saturated rings. The van der Waals surface area contributed by atoms with Crippen molar-refractivity contribution in [2.75, 3.05) is 13.1 Å². The molecular formula is C33H33F3N4O3. The predicted octanol–water partition coefficient (Wildman–Crippen LogP) is 6.61. The standard InChI is InChI=1S/C33H33F3N4O3/c1-22(40-18-16-30(17-19-40)43-27-9-2-23(20-37)3-10-27)24-4-15-31(38-21-24)32(41)39-26-7-13-29(14-8-26)42-28-11-5-25(6-12-28)33(34,35)36/h2-6,9-12,15,21,26,29-30H,1,7-8,13-14,16-19H2,(H,39,41)/t26-,29+. The largest absolute Gasteiger partial charge is 0.490 e. The fourth-order valence-corrected chi connectivity index (χ4v) is 5.42. The van der Waals surface area contributed by atoms with Gasteiger partial charge in [0.1, 0.15) is 23.3 Å². The predicted molar refractivity (Wildman–Crippen MR) is 155 cm³/mol. The number of benzene rings is 2. The molecule has 0 unspecified atom stereocenters. The van der Waals surface area contributed by atoms with E-state index in [0.717, 1.165) is 55.1 Å². The third kappa shape index (κ3) is 7.86. The van der Waals surface area contributed by atoms with E-state index in [4.69, 9.17) is 14.7 Å². The molecule has 1 amide bonds. The van der Waals surface area contributed by atoms with Gasteiger partial charge in [-0.2, -0.15) is 18.4 Å². The summed E-state index contributed by atoms with van der Waals surface area (Å²) in [6.07, 6.45) is 1.74. The first-order chi connectivity index (χ1) is 20.7. The minimum absolute atomic E-state index is 0.0239. The van der Waals surface area contributed by atoms with Gasteiger partial charge in [0, 0.05) is 49.4 Å². The van der Waals surface area contributed by atoms with Crippen molar-refractivity contribution < 1.29 is 27.4 Å². The Morgan fingerprint density at radius 2 is 1.47 bits per heavy atom. The Kier molecular flexibility index (Phi) is 9.19. The molecule has 1 saturated heterocycles. The van der Waals surface area contributed by atoms with Crippen LogP contribution in [0.3, 0.4) is 0 Å². The second kappa shape index (κ2) is 13.2. The second-order valence-corrected chi connectivity index (χ2v) is 10.9. The Morgan fingerprint density at radius 1 is 0.884 bits per heavy atom. The van der Waals surface area contributed by atoms with Crippen molar-refractivity contribution in [1.29, 1.82) is 5.26 Å². The minimum atomic E-state index is -4.37. The molecule has 1 aliphatic carbocycles. The number of hydrogen-bond donors (Lipinski definition) is 1. The van der Waals surface area contributed by atoms with E-state index in [1.165, 1.54) is 12.1 Å². The molecule has 5 rings (SSSR count). The van der Waals surface area contributed by atoms with E-state index < -0.39 is 11.7 Å². The quantitative estimate of drug-likeness (QED) is 0.318. The molecule has 1 aromatic heterocycles. The zero-order valence-corrected chi connectivity index (χ0v) is 23.6. The number of nitriles is 1. The van der Waals surface area contributed by atoms with E-state index in [-0.39, 0.29) is 24.2 Å². The lowest BCUT2D eigenvalue weighted by atomic mass is 9.92. The van der Waals surface area contributed by atoms with Gasteiger partial charge < -0.3 is 19.7 Å². The number of ether oxygens (including phenoxy) is 2. The number of carbonyl (C=O) groups excluding carboxylic acids is 1. The summed E-state index contributed by atoms with van der Waals surface area (Å²) < 4.78 is 50.3. The van der Waals surface area contributed by atoms with Crippen molar-refractivity contribution in [3.05, 3.63) is 95.8 Å². The van der Waals surface area contributed by atoms with Crippen LogP contribution in [0.4, 0.5) is 13.2 Å². The molecule has 2 aromatic carbocycles. The van der Waals surface area contributed by atoms with E-state index in [2.05, 4.69) is 27.8 Å². The van der Waals surface area contributed by atoms with Crippen molar-refractivity contribution in [1.82, 2.24) is 15.2 Å². The maximum absolute atomic E-state index is 12.8. The summed E-state index contributed by atoms with van der Waals surface area (Å²) in [6, 6.07) is 17.5. The molecule has 2 aliphatic rings. The minimum Gasteiger partial charge on any atom is -0.490 e. The smallest absolute Gasteiger partial charge is 0.416 e. The van der Waals surface area contributed by atoms with Gasteiger partial charge in [-0.15, -0.1) is 0 Å². The molecule has 1 aliphatic heterocycles. The molecule has 7 nitrogen and oxygen atoms in total. The van der Waals surface area contributed by atoms with Crippen LogP contribution in [-0.4, -0.2) is 47.1 Å². The van der Waals surface area contributed by atoms with Gasteiger partial charge in [0.2, 0.25) is 0 Å². The Bertz CT molecular complexity index is 1440. The number of nitrogens with one attached hydrogen (secondary N) is 1. The number of pyridine rings is 1. The van der Waals surface area contributed by atoms with Crippen LogP contribution in [0, 0.1) is 11.3 Å². The molecule has 0 spiro atoms. The number of nitrogens with zero attached hydrogens (tertiary/aromatic N) is 3. The van der Waals surface area contributed by atoms with E-state index in [9.17, 15) is 18.0 Å². The maximum Gasteiger partial charge on any atom is 0.416 e. The van der Waals surface area contributed by atoms with Gasteiger partial charge in [-0.25, -0.2) is 0 Å². The van der Waals surface area contributed by atoms with Gasteiger partial charge in [-0.05, 0) is 86.3 Å². The highest BCUT2D eigenvalue weighted by atomic mass is 19.4. The zero-order chi connectivity index (χ0) is 30.4. The molecule has 2 heterocycles. The zero-order valence-electron chi connectivity index (χ0n) is 23.6. The van der Waals surface area contributed by atoms with Gasteiger partial charge in [-0.1, -0.05) is 6.58 Å². The highest BCUT2D eigenvalue weighted by molar-refractivity contribution is 5.92. The van der Waals surface area contributed by atoms with Gasteiger partial charge in [-0.3, -0.25) is 9.78 Å². The molecular weight excluding hydrogens is 557 g/mol. The van der Waals surface area contributed by atoms with Crippen LogP contribution in [-0.2, 0) is 6.18 Å². The Labute approximate surface area is 248 Å². The van der Waals surface area contributed by atoms with Crippen LogP contribution in [0.25, 0.3) is 5.70 Å². The lowest BCUT2D eigenvalue weighted by Crippen LogP contribution is -2.40. The highest BCUT2D eigenvalue weighted by Gasteiger charge is 2.30. The summed E-state index contributed by atoms with van der Waals surface area (Å²) in [4.78, 5) is 19.4. The Balaban J connectivity index is 1.04. The lowest BCUT2D eigenvalue weighted by Gasteiger charge is -2.34. The fourth-order valence-electron chi connectivity index (χ4n) is 5.42. The third-order valence-electron chi connectivity index (χ3n) is 7.93. The molecule has 43 heavy (non-hydrogen) atoms. The SMILES string of the molecule is C=C(c1ccc(C(=O)N[C@H]2CC[C@@H](Oc3ccc(C(F)(F)F)cc3)CC2)nc1)N1CCC(Oc2ccc(C#N)cc2)CC1. The monoisotopic (exact) mass is 590 g/mol. The average Bonchev–Trinajstić information content (AvgIpc) is 3.02. The van der Waals surface area contributed by atoms with Crippen LogP contribution in [0.15, 0.2) is 73.4 Å². The van der Waals surface area contributed by atoms with Crippen molar-refractivity contribution in [2.45, 2.75) is 63.0 Å². The molecule has 0 radical (unpaired) electrons. The molecule has 1 N–H and O–H groups in total. The molecule has 10 heteroatoms. The van der Waals surface area contributed by atoms with E-state index >= 15 is 0 Å². The number of hydrogen-bond acceptors (Lipinski definition) is 6. The Morgan fingerprint density at radius 3 is 2.00 bits per heavy atom. The molecule has 224 valence electrons. The first-order valence-electron chi connectivity index (χ1n) is 14.4. The number of halogens is 3. The molecule has 0 bridgehead atoms. The van der Waals surface area contributed by atoms with Gasteiger partial charge >= 0.3 is 6.18 Å². The first-order valence-corrected chi connectivity index (χ1v) is 14.4. The third-order valence-corrected chi connectivity index (χ3v) is 7.93. The van der Waals surface area contributed by atoms with Crippen LogP contribution in [0.1, 0.15) is 65.7 Å². The van der Waals surface area contributed by atoms with Crippen LogP contribution < -0.4 is 14.8 Å². The van der Waals surface area contributed by atoms with Crippen molar-refractivity contribution in [2.24, 2.45) is 0 Å². The number of amides is 1. The van der Waals surface area contributed by atoms with Gasteiger partial charge in [0.25, 0.3) is 5.91 Å². The number of piperidine rings is 1. The van der Waals surface area contributed by atoms with E-state index in [0.29, 0.717) is 42.7 Å². The van der Waals surface area contributed by atoms with Crippen molar-refractivity contribution >= 4 is 11.6 Å². The normalized spacial score (nSPS) is 19.3. The highest BCUT2D eigenvalue weighted by Crippen LogP contribution is 2.31. The van der Waals surface area contributed by atoms with Crippen LogP contribution in [0.2, 0.25) is 0 Å². The first kappa shape index (κ1) is 30.0. The van der Waals surface area contributed by atoms with Crippen LogP contribution >= 0.6 is 0 Å². The topological polar surface area (TPSA) is 87.5 Å². The summed E-state index contributed by atoms with van der Waals surface area (Å²) in [6.45, 7) is 5.82. The number of alkyl halides is 3. The number of rotatable bonds is 8. The lowest BCUT2D eigenvalue weighted by molar-refractivity contribution is -0.137. The summed E-state index contributed by atoms with van der Waals surface area (Å²) in [7, 11) is 0. The summed E-state index contributed by atoms with van der Waals surface area (Å²) in [5.74, 6) is 0.922. The maximum atomic E-state index is 12.8. The van der Waals surface area contributed by atoms with E-state index in [1.54, 1.807) is 24.4 Å². The average molecular weight is 591 g/mol. The second-order valence-electron chi connectivity index (χ2n) is 10.9. The number of likely N-dealkylation sites (tertiary alicyclic amines) is 1. The molecule has 3 aromatic rings. The number of aromatic nitrogens is 1. The van der Waals surface area contributed by atoms with Crippen molar-refractivity contribution in [3.63, 3.8) is 0 Å². The molecule has 0 atom stereocenters. The van der Waals surface area contributed by atoms with Gasteiger partial charge in [0.15, 0.2) is 0 Å². The fraction of sp³-hybridized carbons (Fsp3) is 0.364. The summed E-state index contributed by atoms with van der Waals surface area (Å²) in [5.41, 5.74) is 1.93. The summed E-state index contributed by atoms with van der Waals surface area (Å²) in [5, 5.41) is 12.0. The summed E-state index contributed by atoms with van der Waals surface area (Å²) >= 11 is 0. The Hall–Kier alpha value is -4.52. The number of carbonyl (C=O) groups is 1.